The Morgan fingerprint density at radius 3 is 2.45 bits per heavy atom. The number of halogens is 1. The first-order valence-electron chi connectivity index (χ1n) is 7.39. The Labute approximate surface area is 129 Å². The van der Waals surface area contributed by atoms with Crippen molar-refractivity contribution in [2.45, 2.75) is 6.10 Å². The minimum absolute atomic E-state index is 0.284. The van der Waals surface area contributed by atoms with Gasteiger partial charge in [-0.3, -0.25) is 9.88 Å². The predicted octanol–water partition coefficient (Wildman–Crippen LogP) is 1.47. The smallest absolute Gasteiger partial charge is 0.147 e. The van der Waals surface area contributed by atoms with E-state index >= 15 is 0 Å². The van der Waals surface area contributed by atoms with Crippen molar-refractivity contribution in [3.05, 3.63) is 54.2 Å². The molecule has 1 aliphatic rings. The fraction of sp³-hybridized carbons (Fsp3) is 0.375. The number of aliphatic hydroxyl groups excluding tert-OH is 1. The minimum atomic E-state index is -0.594. The van der Waals surface area contributed by atoms with Crippen LogP contribution in [0.25, 0.3) is 0 Å². The molecule has 6 heteroatoms. The molecule has 0 bridgehead atoms. The van der Waals surface area contributed by atoms with Crippen LogP contribution >= 0.6 is 0 Å². The van der Waals surface area contributed by atoms with Crippen molar-refractivity contribution in [1.29, 1.82) is 0 Å². The molecule has 1 atom stereocenters. The van der Waals surface area contributed by atoms with Gasteiger partial charge in [-0.2, -0.15) is 0 Å². The number of anilines is 1. The van der Waals surface area contributed by atoms with Crippen LogP contribution in [0.15, 0.2) is 42.9 Å². The highest BCUT2D eigenvalue weighted by Gasteiger charge is 2.20. The van der Waals surface area contributed by atoms with E-state index in [1.165, 1.54) is 12.1 Å². The van der Waals surface area contributed by atoms with Gasteiger partial charge in [-0.05, 0) is 17.7 Å². The standard InChI is InChI=1S/C16H19FN4O/c17-14-3-1-13(2-4-14)15(22)12-20-7-9-21(10-8-20)16-11-18-5-6-19-16/h1-6,11,15,22H,7-10,12H2/t15-/m0/s1. The summed E-state index contributed by atoms with van der Waals surface area (Å²) in [6, 6.07) is 6.03. The Bertz CT molecular complexity index is 585. The Morgan fingerprint density at radius 2 is 1.82 bits per heavy atom. The Balaban J connectivity index is 1.52. The quantitative estimate of drug-likeness (QED) is 0.927. The molecule has 1 saturated heterocycles. The third kappa shape index (κ3) is 3.58. The molecule has 2 heterocycles. The molecule has 0 aliphatic carbocycles. The van der Waals surface area contributed by atoms with Crippen LogP contribution in [0.5, 0.6) is 0 Å². The van der Waals surface area contributed by atoms with Gasteiger partial charge in [0.2, 0.25) is 0 Å². The molecule has 3 rings (SSSR count). The predicted molar refractivity (Wildman–Crippen MR) is 82.0 cm³/mol. The summed E-state index contributed by atoms with van der Waals surface area (Å²) in [5.74, 6) is 0.606. The average molecular weight is 302 g/mol. The normalized spacial score (nSPS) is 17.5. The zero-order valence-corrected chi connectivity index (χ0v) is 12.3. The van der Waals surface area contributed by atoms with E-state index in [0.29, 0.717) is 6.54 Å². The molecular formula is C16H19FN4O. The first-order chi connectivity index (χ1) is 10.7. The van der Waals surface area contributed by atoms with E-state index in [-0.39, 0.29) is 5.82 Å². The molecule has 0 radical (unpaired) electrons. The van der Waals surface area contributed by atoms with E-state index < -0.39 is 6.10 Å². The third-order valence-corrected chi connectivity index (χ3v) is 3.93. The zero-order valence-electron chi connectivity index (χ0n) is 12.3. The van der Waals surface area contributed by atoms with E-state index in [2.05, 4.69) is 19.8 Å². The molecule has 1 aromatic heterocycles. The van der Waals surface area contributed by atoms with Crippen molar-refractivity contribution < 1.29 is 9.50 Å². The number of nitrogens with zero attached hydrogens (tertiary/aromatic N) is 4. The number of benzene rings is 1. The number of hydrogen-bond donors (Lipinski definition) is 1. The molecule has 1 fully saturated rings. The lowest BCUT2D eigenvalue weighted by Gasteiger charge is -2.36. The van der Waals surface area contributed by atoms with Crippen LogP contribution < -0.4 is 4.90 Å². The lowest BCUT2D eigenvalue weighted by atomic mass is 10.1. The maximum Gasteiger partial charge on any atom is 0.147 e. The third-order valence-electron chi connectivity index (χ3n) is 3.93. The topological polar surface area (TPSA) is 52.5 Å². The van der Waals surface area contributed by atoms with Crippen molar-refractivity contribution >= 4 is 5.82 Å². The van der Waals surface area contributed by atoms with Gasteiger partial charge in [0.05, 0.1) is 12.3 Å². The molecular weight excluding hydrogens is 283 g/mol. The molecule has 0 saturated carbocycles. The summed E-state index contributed by atoms with van der Waals surface area (Å²) in [6.07, 6.45) is 4.53. The van der Waals surface area contributed by atoms with Crippen LogP contribution in [-0.2, 0) is 0 Å². The van der Waals surface area contributed by atoms with Crippen LogP contribution in [0.2, 0.25) is 0 Å². The van der Waals surface area contributed by atoms with E-state index in [4.69, 9.17) is 0 Å². The van der Waals surface area contributed by atoms with E-state index in [9.17, 15) is 9.50 Å². The molecule has 1 aromatic carbocycles. The van der Waals surface area contributed by atoms with Gasteiger partial charge in [-0.15, -0.1) is 0 Å². The number of β-amino-alcohol motifs (C(OH)–C–C–N with tert-alkyl or cyclic N) is 1. The fourth-order valence-corrected chi connectivity index (χ4v) is 2.65. The number of aromatic nitrogens is 2. The number of aliphatic hydroxyl groups is 1. The van der Waals surface area contributed by atoms with Crippen LogP contribution in [0, 0.1) is 5.82 Å². The van der Waals surface area contributed by atoms with Crippen molar-refractivity contribution in [2.24, 2.45) is 0 Å². The lowest BCUT2D eigenvalue weighted by molar-refractivity contribution is 0.109. The van der Waals surface area contributed by atoms with Crippen molar-refractivity contribution in [3.63, 3.8) is 0 Å². The number of rotatable bonds is 4. The van der Waals surface area contributed by atoms with Crippen LogP contribution in [0.4, 0.5) is 10.2 Å². The molecule has 0 spiro atoms. The summed E-state index contributed by atoms with van der Waals surface area (Å²) >= 11 is 0. The Morgan fingerprint density at radius 1 is 1.09 bits per heavy atom. The summed E-state index contributed by atoms with van der Waals surface area (Å²) in [5.41, 5.74) is 0.748. The van der Waals surface area contributed by atoms with E-state index in [0.717, 1.165) is 37.6 Å². The van der Waals surface area contributed by atoms with Gasteiger partial charge >= 0.3 is 0 Å². The van der Waals surface area contributed by atoms with Gasteiger partial charge in [-0.25, -0.2) is 9.37 Å². The lowest BCUT2D eigenvalue weighted by Crippen LogP contribution is -2.47. The molecule has 2 aromatic rings. The first kappa shape index (κ1) is 14.9. The summed E-state index contributed by atoms with van der Waals surface area (Å²) in [5, 5.41) is 10.2. The maximum absolute atomic E-state index is 12.9. The Kier molecular flexibility index (Phi) is 4.60. The number of hydrogen-bond acceptors (Lipinski definition) is 5. The first-order valence-corrected chi connectivity index (χ1v) is 7.39. The zero-order chi connectivity index (χ0) is 15.4. The van der Waals surface area contributed by atoms with Gasteiger partial charge in [0.25, 0.3) is 0 Å². The summed E-state index contributed by atoms with van der Waals surface area (Å²) in [6.45, 7) is 3.98. The second kappa shape index (κ2) is 6.81. The Hall–Kier alpha value is -2.05. The molecule has 116 valence electrons. The van der Waals surface area contributed by atoms with Crippen molar-refractivity contribution in [2.75, 3.05) is 37.6 Å². The second-order valence-electron chi connectivity index (χ2n) is 5.42. The molecule has 5 nitrogen and oxygen atoms in total. The van der Waals surface area contributed by atoms with E-state index in [1.54, 1.807) is 30.7 Å². The van der Waals surface area contributed by atoms with Crippen LogP contribution in [-0.4, -0.2) is 52.7 Å². The van der Waals surface area contributed by atoms with Gasteiger partial charge in [0.1, 0.15) is 11.6 Å². The highest BCUT2D eigenvalue weighted by molar-refractivity contribution is 5.35. The number of piperazine rings is 1. The molecule has 1 N–H and O–H groups in total. The largest absolute Gasteiger partial charge is 0.387 e. The van der Waals surface area contributed by atoms with Gasteiger partial charge in [-0.1, -0.05) is 12.1 Å². The van der Waals surface area contributed by atoms with Gasteiger partial charge < -0.3 is 10.0 Å². The second-order valence-corrected chi connectivity index (χ2v) is 5.42. The van der Waals surface area contributed by atoms with Crippen molar-refractivity contribution in [1.82, 2.24) is 14.9 Å². The molecule has 22 heavy (non-hydrogen) atoms. The minimum Gasteiger partial charge on any atom is -0.387 e. The highest BCUT2D eigenvalue weighted by atomic mass is 19.1. The van der Waals surface area contributed by atoms with Gasteiger partial charge in [0, 0.05) is 45.1 Å². The maximum atomic E-state index is 12.9. The molecule has 0 amide bonds. The van der Waals surface area contributed by atoms with Crippen LogP contribution in [0.3, 0.4) is 0 Å². The SMILES string of the molecule is O[C@@H](CN1CCN(c2cnccn2)CC1)c1ccc(F)cc1. The fourth-order valence-electron chi connectivity index (χ4n) is 2.65. The van der Waals surface area contributed by atoms with Crippen molar-refractivity contribution in [3.8, 4) is 0 Å². The summed E-state index contributed by atoms with van der Waals surface area (Å²) in [4.78, 5) is 12.8. The van der Waals surface area contributed by atoms with Crippen LogP contribution in [0.1, 0.15) is 11.7 Å². The highest BCUT2D eigenvalue weighted by Crippen LogP contribution is 2.17. The summed E-state index contributed by atoms with van der Waals surface area (Å²) in [7, 11) is 0. The van der Waals surface area contributed by atoms with E-state index in [1.807, 2.05) is 0 Å². The average Bonchev–Trinajstić information content (AvgIpc) is 2.57. The summed E-state index contributed by atoms with van der Waals surface area (Å²) < 4.78 is 12.9. The molecule has 1 aliphatic heterocycles. The monoisotopic (exact) mass is 302 g/mol. The molecule has 0 unspecified atom stereocenters. The van der Waals surface area contributed by atoms with Gasteiger partial charge in [0.15, 0.2) is 0 Å².